The molecule has 2 N–H and O–H groups in total. The molecule has 0 fully saturated rings. The van der Waals surface area contributed by atoms with Gasteiger partial charge < -0.3 is 5.73 Å². The van der Waals surface area contributed by atoms with E-state index in [4.69, 9.17) is 5.73 Å². The van der Waals surface area contributed by atoms with Crippen LogP contribution in [0.25, 0.3) is 0 Å². The van der Waals surface area contributed by atoms with Crippen molar-refractivity contribution in [3.05, 3.63) is 29.3 Å². The van der Waals surface area contributed by atoms with Crippen LogP contribution in [0, 0.1) is 13.8 Å². The summed E-state index contributed by atoms with van der Waals surface area (Å²) in [5, 5.41) is 0. The Kier molecular flexibility index (Phi) is 3.88. The lowest BCUT2D eigenvalue weighted by molar-refractivity contribution is 0.593. The molecule has 0 aromatic heterocycles. The first-order valence-electron chi connectivity index (χ1n) is 4.97. The average Bonchev–Trinajstić information content (AvgIpc) is 2.14. The molecule has 0 heterocycles. The third-order valence-electron chi connectivity index (χ3n) is 2.28. The van der Waals surface area contributed by atoms with Crippen LogP contribution in [0.5, 0.6) is 0 Å². The van der Waals surface area contributed by atoms with Crippen molar-refractivity contribution in [2.24, 2.45) is 5.73 Å². The molecule has 0 aliphatic heterocycles. The van der Waals surface area contributed by atoms with Crippen molar-refractivity contribution in [3.63, 3.8) is 0 Å². The van der Waals surface area contributed by atoms with E-state index in [1.54, 1.807) is 6.07 Å². The highest BCUT2D eigenvalue weighted by atomic mass is 32.2. The van der Waals surface area contributed by atoms with Gasteiger partial charge in [0.25, 0.3) is 0 Å². The molecule has 0 saturated heterocycles. The second-order valence-corrected chi connectivity index (χ2v) is 5.81. The first-order chi connectivity index (χ1) is 6.97. The van der Waals surface area contributed by atoms with Crippen molar-refractivity contribution < 1.29 is 8.42 Å². The average molecular weight is 227 g/mol. The van der Waals surface area contributed by atoms with Crippen LogP contribution in [0.15, 0.2) is 23.1 Å². The molecule has 0 saturated carbocycles. The topological polar surface area (TPSA) is 60.2 Å². The van der Waals surface area contributed by atoms with Crippen molar-refractivity contribution in [1.82, 2.24) is 0 Å². The highest BCUT2D eigenvalue weighted by Crippen LogP contribution is 2.18. The van der Waals surface area contributed by atoms with E-state index in [0.29, 0.717) is 17.9 Å². The summed E-state index contributed by atoms with van der Waals surface area (Å²) < 4.78 is 23.7. The summed E-state index contributed by atoms with van der Waals surface area (Å²) in [6.45, 7) is 4.18. The Labute approximate surface area is 91.2 Å². The molecule has 0 bridgehead atoms. The Hall–Kier alpha value is -0.870. The molecular weight excluding hydrogens is 210 g/mol. The maximum atomic E-state index is 11.9. The van der Waals surface area contributed by atoms with E-state index >= 15 is 0 Å². The minimum Gasteiger partial charge on any atom is -0.330 e. The van der Waals surface area contributed by atoms with Crippen molar-refractivity contribution >= 4 is 9.84 Å². The van der Waals surface area contributed by atoms with Crippen molar-refractivity contribution in [2.75, 3.05) is 12.3 Å². The minimum atomic E-state index is -3.15. The SMILES string of the molecule is Cc1ccc(S(=O)(=O)CCCN)c(C)c1. The van der Waals surface area contributed by atoms with Crippen LogP contribution in [0.3, 0.4) is 0 Å². The molecule has 1 aromatic rings. The predicted molar refractivity (Wildman–Crippen MR) is 61.6 cm³/mol. The number of sulfone groups is 1. The molecule has 0 spiro atoms. The van der Waals surface area contributed by atoms with E-state index in [-0.39, 0.29) is 5.75 Å². The van der Waals surface area contributed by atoms with E-state index in [2.05, 4.69) is 0 Å². The molecule has 3 nitrogen and oxygen atoms in total. The van der Waals surface area contributed by atoms with E-state index < -0.39 is 9.84 Å². The summed E-state index contributed by atoms with van der Waals surface area (Å²) in [4.78, 5) is 0.432. The standard InChI is InChI=1S/C11H17NO2S/c1-9-4-5-11(10(2)8-9)15(13,14)7-3-6-12/h4-5,8H,3,6-7,12H2,1-2H3. The molecule has 0 amide bonds. The highest BCUT2D eigenvalue weighted by molar-refractivity contribution is 7.91. The van der Waals surface area contributed by atoms with Crippen LogP contribution >= 0.6 is 0 Å². The van der Waals surface area contributed by atoms with Crippen molar-refractivity contribution in [2.45, 2.75) is 25.2 Å². The largest absolute Gasteiger partial charge is 0.330 e. The van der Waals surface area contributed by atoms with E-state index in [0.717, 1.165) is 11.1 Å². The van der Waals surface area contributed by atoms with E-state index in [1.165, 1.54) is 0 Å². The zero-order chi connectivity index (χ0) is 11.5. The highest BCUT2D eigenvalue weighted by Gasteiger charge is 2.15. The van der Waals surface area contributed by atoms with Gasteiger partial charge in [-0.25, -0.2) is 8.42 Å². The fraction of sp³-hybridized carbons (Fsp3) is 0.455. The summed E-state index contributed by atoms with van der Waals surface area (Å²) in [6.07, 6.45) is 0.510. The zero-order valence-corrected chi connectivity index (χ0v) is 9.97. The Balaban J connectivity index is 3.05. The Bertz CT molecular complexity index is 438. The van der Waals surface area contributed by atoms with Gasteiger partial charge in [-0.05, 0) is 38.4 Å². The normalized spacial score (nSPS) is 11.7. The maximum Gasteiger partial charge on any atom is 0.178 e. The third kappa shape index (κ3) is 3.04. The molecule has 0 aliphatic carbocycles. The maximum absolute atomic E-state index is 11.9. The van der Waals surface area contributed by atoms with Gasteiger partial charge in [-0.15, -0.1) is 0 Å². The molecule has 1 aromatic carbocycles. The lowest BCUT2D eigenvalue weighted by Crippen LogP contribution is -2.12. The Morgan fingerprint density at radius 1 is 1.27 bits per heavy atom. The number of hydrogen-bond acceptors (Lipinski definition) is 3. The van der Waals surface area contributed by atoms with Gasteiger partial charge in [-0.2, -0.15) is 0 Å². The molecule has 0 unspecified atom stereocenters. The van der Waals surface area contributed by atoms with Gasteiger partial charge >= 0.3 is 0 Å². The zero-order valence-electron chi connectivity index (χ0n) is 9.16. The van der Waals surface area contributed by atoms with Crippen LogP contribution in [-0.2, 0) is 9.84 Å². The predicted octanol–water partition coefficient (Wildman–Crippen LogP) is 1.43. The van der Waals surface area contributed by atoms with Gasteiger partial charge in [0, 0.05) is 0 Å². The molecule has 0 atom stereocenters. The molecule has 84 valence electrons. The van der Waals surface area contributed by atoms with Crippen molar-refractivity contribution in [3.8, 4) is 0 Å². The van der Waals surface area contributed by atoms with Crippen LogP contribution in [0.2, 0.25) is 0 Å². The number of rotatable bonds is 4. The molecule has 15 heavy (non-hydrogen) atoms. The van der Waals surface area contributed by atoms with Gasteiger partial charge in [-0.3, -0.25) is 0 Å². The number of hydrogen-bond donors (Lipinski definition) is 1. The van der Waals surface area contributed by atoms with Gasteiger partial charge in [-0.1, -0.05) is 17.7 Å². The van der Waals surface area contributed by atoms with Crippen LogP contribution < -0.4 is 5.73 Å². The Morgan fingerprint density at radius 2 is 1.93 bits per heavy atom. The smallest absolute Gasteiger partial charge is 0.178 e. The summed E-state index contributed by atoms with van der Waals surface area (Å²) in [5.41, 5.74) is 7.20. The number of nitrogens with two attached hydrogens (primary N) is 1. The molecule has 0 aliphatic rings. The third-order valence-corrected chi connectivity index (χ3v) is 4.24. The lowest BCUT2D eigenvalue weighted by Gasteiger charge is -2.07. The van der Waals surface area contributed by atoms with Gasteiger partial charge in [0.15, 0.2) is 9.84 Å². The molecule has 1 rings (SSSR count). The summed E-state index contributed by atoms with van der Waals surface area (Å²) in [6, 6.07) is 5.38. The first kappa shape index (κ1) is 12.2. The number of aryl methyl sites for hydroxylation is 2. The molecule has 0 radical (unpaired) electrons. The van der Waals surface area contributed by atoms with Crippen LogP contribution in [0.4, 0.5) is 0 Å². The molecular formula is C11H17NO2S. The van der Waals surface area contributed by atoms with Gasteiger partial charge in [0.05, 0.1) is 10.6 Å². The van der Waals surface area contributed by atoms with Crippen LogP contribution in [0.1, 0.15) is 17.5 Å². The number of benzene rings is 1. The fourth-order valence-corrected chi connectivity index (χ4v) is 3.12. The quantitative estimate of drug-likeness (QED) is 0.846. The van der Waals surface area contributed by atoms with Crippen molar-refractivity contribution in [1.29, 1.82) is 0 Å². The first-order valence-corrected chi connectivity index (χ1v) is 6.62. The van der Waals surface area contributed by atoms with Crippen LogP contribution in [-0.4, -0.2) is 20.7 Å². The van der Waals surface area contributed by atoms with Gasteiger partial charge in [0.1, 0.15) is 0 Å². The summed E-state index contributed by atoms with van der Waals surface area (Å²) in [5.74, 6) is 0.132. The molecule has 4 heteroatoms. The fourth-order valence-electron chi connectivity index (χ4n) is 1.53. The van der Waals surface area contributed by atoms with E-state index in [9.17, 15) is 8.42 Å². The second kappa shape index (κ2) is 4.77. The second-order valence-electron chi connectivity index (χ2n) is 3.73. The minimum absolute atomic E-state index is 0.132. The monoisotopic (exact) mass is 227 g/mol. The summed E-state index contributed by atoms with van der Waals surface area (Å²) >= 11 is 0. The lowest BCUT2D eigenvalue weighted by atomic mass is 10.2. The Morgan fingerprint density at radius 3 is 2.47 bits per heavy atom. The van der Waals surface area contributed by atoms with E-state index in [1.807, 2.05) is 26.0 Å². The summed E-state index contributed by atoms with van der Waals surface area (Å²) in [7, 11) is -3.15. The van der Waals surface area contributed by atoms with Gasteiger partial charge in [0.2, 0.25) is 0 Å².